The Hall–Kier alpha value is -0.630. The molecule has 1 fully saturated rings. The molecule has 122 valence electrons. The molecule has 5 atom stereocenters. The Balaban J connectivity index is 2.80. The van der Waals surface area contributed by atoms with Gasteiger partial charge in [0.1, 0.15) is 5.78 Å². The van der Waals surface area contributed by atoms with Crippen molar-refractivity contribution < 1.29 is 9.90 Å². The zero-order valence-electron chi connectivity index (χ0n) is 14.9. The third-order valence-corrected chi connectivity index (χ3v) is 6.26. The van der Waals surface area contributed by atoms with Gasteiger partial charge in [-0.15, -0.1) is 0 Å². The molecule has 0 aromatic carbocycles. The number of carbonyl (C=O) groups excluding carboxylic acids is 1. The zero-order chi connectivity index (χ0) is 16.4. The highest BCUT2D eigenvalue weighted by Gasteiger charge is 2.43. The van der Waals surface area contributed by atoms with Gasteiger partial charge >= 0.3 is 0 Å². The molecule has 0 saturated heterocycles. The van der Waals surface area contributed by atoms with Gasteiger partial charge in [-0.05, 0) is 43.9 Å². The van der Waals surface area contributed by atoms with E-state index in [1.807, 2.05) is 20.8 Å². The van der Waals surface area contributed by atoms with Crippen LogP contribution in [0.5, 0.6) is 0 Å². The SMILES string of the molecule is CC(/C=C/[C@@H](C)C(C)(C)O)C(C)[C@@]1(C)CCCC(=O)C1C. The van der Waals surface area contributed by atoms with E-state index >= 15 is 0 Å². The van der Waals surface area contributed by atoms with Crippen molar-refractivity contribution in [3.63, 3.8) is 0 Å². The predicted molar refractivity (Wildman–Crippen MR) is 89.1 cm³/mol. The summed E-state index contributed by atoms with van der Waals surface area (Å²) in [6.45, 7) is 14.6. The number of allylic oxidation sites excluding steroid dienone is 1. The lowest BCUT2D eigenvalue weighted by Crippen LogP contribution is -2.42. The summed E-state index contributed by atoms with van der Waals surface area (Å²) >= 11 is 0. The van der Waals surface area contributed by atoms with Crippen molar-refractivity contribution >= 4 is 5.78 Å². The highest BCUT2D eigenvalue weighted by atomic mass is 16.3. The van der Waals surface area contributed by atoms with Crippen LogP contribution >= 0.6 is 0 Å². The largest absolute Gasteiger partial charge is 0.390 e. The van der Waals surface area contributed by atoms with Crippen molar-refractivity contribution in [2.45, 2.75) is 73.3 Å². The van der Waals surface area contributed by atoms with E-state index in [-0.39, 0.29) is 17.3 Å². The first-order valence-corrected chi connectivity index (χ1v) is 8.43. The van der Waals surface area contributed by atoms with Crippen molar-refractivity contribution in [1.82, 2.24) is 0 Å². The fourth-order valence-electron chi connectivity index (χ4n) is 3.41. The van der Waals surface area contributed by atoms with Crippen LogP contribution in [0.4, 0.5) is 0 Å². The summed E-state index contributed by atoms with van der Waals surface area (Å²) in [5.41, 5.74) is -0.589. The van der Waals surface area contributed by atoms with Crippen molar-refractivity contribution in [3.8, 4) is 0 Å². The average Bonchev–Trinajstić information content (AvgIpc) is 2.39. The Kier molecular flexibility index (Phi) is 5.83. The summed E-state index contributed by atoms with van der Waals surface area (Å²) in [6, 6.07) is 0. The summed E-state index contributed by atoms with van der Waals surface area (Å²) in [5, 5.41) is 10.0. The third kappa shape index (κ3) is 4.18. The topological polar surface area (TPSA) is 37.3 Å². The summed E-state index contributed by atoms with van der Waals surface area (Å²) in [4.78, 5) is 12.1. The molecule has 21 heavy (non-hydrogen) atoms. The van der Waals surface area contributed by atoms with Crippen LogP contribution in [0.3, 0.4) is 0 Å². The van der Waals surface area contributed by atoms with Gasteiger partial charge in [-0.25, -0.2) is 0 Å². The Morgan fingerprint density at radius 2 is 1.86 bits per heavy atom. The van der Waals surface area contributed by atoms with Crippen LogP contribution in [-0.2, 0) is 4.79 Å². The monoisotopic (exact) mass is 294 g/mol. The van der Waals surface area contributed by atoms with Gasteiger partial charge in [-0.1, -0.05) is 46.8 Å². The quantitative estimate of drug-likeness (QED) is 0.751. The minimum Gasteiger partial charge on any atom is -0.390 e. The van der Waals surface area contributed by atoms with Gasteiger partial charge in [0, 0.05) is 18.3 Å². The molecule has 0 aromatic rings. The molecule has 0 heterocycles. The van der Waals surface area contributed by atoms with E-state index < -0.39 is 5.60 Å². The van der Waals surface area contributed by atoms with E-state index in [0.717, 1.165) is 19.3 Å². The second-order valence-electron chi connectivity index (χ2n) is 8.02. The molecule has 2 heteroatoms. The third-order valence-electron chi connectivity index (χ3n) is 6.26. The molecule has 0 bridgehead atoms. The lowest BCUT2D eigenvalue weighted by Gasteiger charge is -2.45. The normalized spacial score (nSPS) is 32.2. The number of aliphatic hydroxyl groups is 1. The molecule has 0 radical (unpaired) electrons. The fourth-order valence-corrected chi connectivity index (χ4v) is 3.41. The molecule has 3 unspecified atom stereocenters. The molecule has 1 saturated carbocycles. The van der Waals surface area contributed by atoms with Gasteiger partial charge < -0.3 is 5.11 Å². The Bertz CT molecular complexity index is 391. The average molecular weight is 294 g/mol. The highest BCUT2D eigenvalue weighted by molar-refractivity contribution is 5.82. The maximum Gasteiger partial charge on any atom is 0.136 e. The first-order chi connectivity index (χ1) is 9.50. The molecular formula is C19H34O2. The molecule has 1 rings (SSSR count). The second-order valence-corrected chi connectivity index (χ2v) is 8.02. The fraction of sp³-hybridized carbons (Fsp3) is 0.842. The van der Waals surface area contributed by atoms with Crippen molar-refractivity contribution in [2.75, 3.05) is 0 Å². The van der Waals surface area contributed by atoms with Gasteiger partial charge in [0.15, 0.2) is 0 Å². The smallest absolute Gasteiger partial charge is 0.136 e. The number of hydrogen-bond donors (Lipinski definition) is 1. The predicted octanol–water partition coefficient (Wildman–Crippen LogP) is 4.62. The Morgan fingerprint density at radius 3 is 2.38 bits per heavy atom. The number of Topliss-reactive ketones (excluding diaryl/α,β-unsaturated/α-hetero) is 1. The van der Waals surface area contributed by atoms with Crippen LogP contribution in [-0.4, -0.2) is 16.5 Å². The summed E-state index contributed by atoms with van der Waals surface area (Å²) in [5.74, 6) is 1.58. The van der Waals surface area contributed by atoms with E-state index in [1.165, 1.54) is 0 Å². The second kappa shape index (κ2) is 6.64. The van der Waals surface area contributed by atoms with Crippen LogP contribution in [0.2, 0.25) is 0 Å². The Morgan fingerprint density at radius 1 is 1.29 bits per heavy atom. The summed E-state index contributed by atoms with van der Waals surface area (Å²) in [7, 11) is 0. The number of hydrogen-bond acceptors (Lipinski definition) is 2. The van der Waals surface area contributed by atoms with Gasteiger partial charge in [-0.2, -0.15) is 0 Å². The molecule has 1 aliphatic carbocycles. The number of ketones is 1. The molecule has 2 nitrogen and oxygen atoms in total. The van der Waals surface area contributed by atoms with Crippen LogP contribution in [0.25, 0.3) is 0 Å². The van der Waals surface area contributed by atoms with E-state index in [0.29, 0.717) is 17.6 Å². The molecular weight excluding hydrogens is 260 g/mol. The number of carbonyl (C=O) groups is 1. The summed E-state index contributed by atoms with van der Waals surface area (Å²) in [6.07, 6.45) is 7.27. The van der Waals surface area contributed by atoms with Crippen LogP contribution in [0, 0.1) is 29.1 Å². The summed E-state index contributed by atoms with van der Waals surface area (Å²) < 4.78 is 0. The van der Waals surface area contributed by atoms with Gasteiger partial charge in [0.05, 0.1) is 5.60 Å². The lowest BCUT2D eigenvalue weighted by molar-refractivity contribution is -0.131. The maximum absolute atomic E-state index is 12.1. The first-order valence-electron chi connectivity index (χ1n) is 8.43. The molecule has 0 aliphatic heterocycles. The van der Waals surface area contributed by atoms with Crippen molar-refractivity contribution in [2.24, 2.45) is 29.1 Å². The zero-order valence-corrected chi connectivity index (χ0v) is 14.9. The van der Waals surface area contributed by atoms with Crippen LogP contribution in [0.1, 0.15) is 67.7 Å². The van der Waals surface area contributed by atoms with Crippen molar-refractivity contribution in [1.29, 1.82) is 0 Å². The van der Waals surface area contributed by atoms with E-state index in [4.69, 9.17) is 0 Å². The van der Waals surface area contributed by atoms with Gasteiger partial charge in [0.2, 0.25) is 0 Å². The standard InChI is InChI=1S/C19H34O2/c1-13(10-11-14(2)18(5,6)21)15(3)19(7)12-8-9-17(20)16(19)4/h10-11,13-16,21H,8-9,12H2,1-7H3/b11-10+/t13?,14-,15?,16?,19-/m1/s1. The minimum atomic E-state index is -0.683. The van der Waals surface area contributed by atoms with Crippen molar-refractivity contribution in [3.05, 3.63) is 12.2 Å². The number of rotatable bonds is 5. The molecule has 0 amide bonds. The molecule has 0 spiro atoms. The minimum absolute atomic E-state index is 0.0943. The molecule has 1 aliphatic rings. The Labute approximate surface area is 131 Å². The van der Waals surface area contributed by atoms with E-state index in [1.54, 1.807) is 0 Å². The lowest BCUT2D eigenvalue weighted by atomic mass is 9.58. The van der Waals surface area contributed by atoms with Crippen LogP contribution in [0.15, 0.2) is 12.2 Å². The van der Waals surface area contributed by atoms with Gasteiger partial charge in [-0.3, -0.25) is 4.79 Å². The highest BCUT2D eigenvalue weighted by Crippen LogP contribution is 2.47. The molecule has 0 aromatic heterocycles. The van der Waals surface area contributed by atoms with Gasteiger partial charge in [0.25, 0.3) is 0 Å². The van der Waals surface area contributed by atoms with E-state index in [2.05, 4.69) is 39.8 Å². The van der Waals surface area contributed by atoms with E-state index in [9.17, 15) is 9.90 Å². The van der Waals surface area contributed by atoms with Crippen LogP contribution < -0.4 is 0 Å². The first kappa shape index (κ1) is 18.4. The maximum atomic E-state index is 12.1. The molecule has 1 N–H and O–H groups in total.